The van der Waals surface area contributed by atoms with Gasteiger partial charge in [-0.3, -0.25) is 14.4 Å². The molecule has 1 unspecified atom stereocenters. The second-order valence-corrected chi connectivity index (χ2v) is 6.28. The molecule has 7 nitrogen and oxygen atoms in total. The van der Waals surface area contributed by atoms with E-state index in [1.165, 1.54) is 30.3 Å². The van der Waals surface area contributed by atoms with Crippen LogP contribution in [0.3, 0.4) is 0 Å². The Morgan fingerprint density at radius 2 is 2.00 bits per heavy atom. The third-order valence-corrected chi connectivity index (χ3v) is 4.26. The van der Waals surface area contributed by atoms with Crippen LogP contribution in [0.1, 0.15) is 6.42 Å². The molecule has 1 aromatic carbocycles. The Bertz CT molecular complexity index is 863. The van der Waals surface area contributed by atoms with Crippen molar-refractivity contribution < 1.29 is 18.7 Å². The van der Waals surface area contributed by atoms with Crippen LogP contribution in [0.5, 0.6) is 0 Å². The maximum Gasteiger partial charge on any atom is 0.242 e. The maximum absolute atomic E-state index is 13.2. The van der Waals surface area contributed by atoms with Crippen LogP contribution >= 0.6 is 0 Å². The number of benzene rings is 1. The van der Waals surface area contributed by atoms with E-state index in [4.69, 9.17) is 4.74 Å². The van der Waals surface area contributed by atoms with Crippen molar-refractivity contribution >= 4 is 17.5 Å². The number of rotatable bonds is 5. The zero-order valence-corrected chi connectivity index (χ0v) is 14.6. The molecule has 1 fully saturated rings. The first-order valence-electron chi connectivity index (χ1n) is 8.60. The third-order valence-electron chi connectivity index (χ3n) is 4.26. The zero-order valence-electron chi connectivity index (χ0n) is 14.6. The summed E-state index contributed by atoms with van der Waals surface area (Å²) in [6, 6.07) is 8.00. The van der Waals surface area contributed by atoms with E-state index in [-0.39, 0.29) is 36.8 Å². The number of halogens is 1. The number of amides is 2. The van der Waals surface area contributed by atoms with Gasteiger partial charge < -0.3 is 19.5 Å². The van der Waals surface area contributed by atoms with Crippen LogP contribution in [0.25, 0.3) is 0 Å². The topological polar surface area (TPSA) is 80.6 Å². The summed E-state index contributed by atoms with van der Waals surface area (Å²) in [6.07, 6.45) is 3.14. The van der Waals surface area contributed by atoms with E-state index >= 15 is 0 Å². The average Bonchev–Trinajstić information content (AvgIpc) is 2.64. The standard InChI is InChI=1S/C19H20FN3O4/c20-14-2-1-3-15(10-14)21-18(25)11-16-13-27-9-8-23(16)19(26)12-22-6-4-17(24)5-7-22/h1-7,10,16H,8-9,11-13H2,(H,21,25). The number of hydrogen-bond acceptors (Lipinski definition) is 4. The van der Waals surface area contributed by atoms with E-state index in [0.29, 0.717) is 18.8 Å². The molecule has 2 aromatic rings. The van der Waals surface area contributed by atoms with E-state index in [1.807, 2.05) is 0 Å². The second kappa shape index (κ2) is 8.59. The summed E-state index contributed by atoms with van der Waals surface area (Å²) in [5.74, 6) is -0.922. The molecule has 2 amide bonds. The molecule has 1 aliphatic rings. The number of anilines is 1. The Hall–Kier alpha value is -3.00. The molecule has 1 saturated heterocycles. The highest BCUT2D eigenvalue weighted by Gasteiger charge is 2.29. The summed E-state index contributed by atoms with van der Waals surface area (Å²) < 4.78 is 20.3. The number of morpholine rings is 1. The van der Waals surface area contributed by atoms with Gasteiger partial charge in [0.15, 0.2) is 5.43 Å². The molecule has 0 radical (unpaired) electrons. The molecule has 1 aromatic heterocycles. The smallest absolute Gasteiger partial charge is 0.242 e. The lowest BCUT2D eigenvalue weighted by molar-refractivity contribution is -0.141. The van der Waals surface area contributed by atoms with Gasteiger partial charge in [0.05, 0.1) is 19.3 Å². The minimum atomic E-state index is -0.438. The van der Waals surface area contributed by atoms with Crippen molar-refractivity contribution in [3.05, 3.63) is 64.8 Å². The molecular formula is C19H20FN3O4. The van der Waals surface area contributed by atoms with Gasteiger partial charge in [0.1, 0.15) is 12.4 Å². The largest absolute Gasteiger partial charge is 0.377 e. The predicted molar refractivity (Wildman–Crippen MR) is 96.7 cm³/mol. The minimum absolute atomic E-state index is 0.0480. The van der Waals surface area contributed by atoms with Gasteiger partial charge in [0.2, 0.25) is 11.8 Å². The lowest BCUT2D eigenvalue weighted by Crippen LogP contribution is -2.51. The normalized spacial score (nSPS) is 16.8. The lowest BCUT2D eigenvalue weighted by atomic mass is 10.1. The summed E-state index contributed by atoms with van der Waals surface area (Å²) >= 11 is 0. The van der Waals surface area contributed by atoms with E-state index in [9.17, 15) is 18.8 Å². The summed E-state index contributed by atoms with van der Waals surface area (Å²) in [5, 5.41) is 2.63. The third kappa shape index (κ3) is 5.24. The van der Waals surface area contributed by atoms with Gasteiger partial charge >= 0.3 is 0 Å². The van der Waals surface area contributed by atoms with Gasteiger partial charge in [-0.05, 0) is 18.2 Å². The average molecular weight is 373 g/mol. The number of carbonyl (C=O) groups is 2. The van der Waals surface area contributed by atoms with Crippen molar-refractivity contribution in [2.24, 2.45) is 0 Å². The molecule has 27 heavy (non-hydrogen) atoms. The lowest BCUT2D eigenvalue weighted by Gasteiger charge is -2.35. The monoisotopic (exact) mass is 373 g/mol. The van der Waals surface area contributed by atoms with Crippen molar-refractivity contribution in [1.82, 2.24) is 9.47 Å². The van der Waals surface area contributed by atoms with Gasteiger partial charge in [0.25, 0.3) is 0 Å². The van der Waals surface area contributed by atoms with Crippen LogP contribution in [0, 0.1) is 5.82 Å². The molecule has 8 heteroatoms. The van der Waals surface area contributed by atoms with Gasteiger partial charge in [-0.15, -0.1) is 0 Å². The summed E-state index contributed by atoms with van der Waals surface area (Å²) in [5.41, 5.74) is 0.236. The highest BCUT2D eigenvalue weighted by atomic mass is 19.1. The zero-order chi connectivity index (χ0) is 19.2. The summed E-state index contributed by atoms with van der Waals surface area (Å²) in [7, 11) is 0. The van der Waals surface area contributed by atoms with Crippen molar-refractivity contribution in [3.8, 4) is 0 Å². The minimum Gasteiger partial charge on any atom is -0.377 e. The fraction of sp³-hybridized carbons (Fsp3) is 0.316. The van der Waals surface area contributed by atoms with E-state index in [1.54, 1.807) is 27.9 Å². The second-order valence-electron chi connectivity index (χ2n) is 6.28. The SMILES string of the molecule is O=C(CC1COCCN1C(=O)Cn1ccc(=O)cc1)Nc1cccc(F)c1. The van der Waals surface area contributed by atoms with Crippen LogP contribution in [0.2, 0.25) is 0 Å². The van der Waals surface area contributed by atoms with Crippen LogP contribution in [0.15, 0.2) is 53.6 Å². The van der Waals surface area contributed by atoms with Crippen LogP contribution in [-0.4, -0.2) is 47.1 Å². The first-order chi connectivity index (χ1) is 13.0. The number of hydrogen-bond donors (Lipinski definition) is 1. The van der Waals surface area contributed by atoms with E-state index < -0.39 is 11.9 Å². The van der Waals surface area contributed by atoms with Crippen molar-refractivity contribution in [1.29, 1.82) is 0 Å². The molecule has 0 bridgehead atoms. The molecular weight excluding hydrogens is 353 g/mol. The Balaban J connectivity index is 1.62. The summed E-state index contributed by atoms with van der Waals surface area (Å²) in [6.45, 7) is 1.11. The molecule has 0 saturated carbocycles. The predicted octanol–water partition coefficient (Wildman–Crippen LogP) is 1.24. The van der Waals surface area contributed by atoms with Crippen molar-refractivity contribution in [3.63, 3.8) is 0 Å². The van der Waals surface area contributed by atoms with Gasteiger partial charge in [-0.25, -0.2) is 4.39 Å². The Morgan fingerprint density at radius 3 is 2.74 bits per heavy atom. The molecule has 1 N–H and O–H groups in total. The van der Waals surface area contributed by atoms with Crippen LogP contribution in [0.4, 0.5) is 10.1 Å². The number of nitrogens with zero attached hydrogens (tertiary/aromatic N) is 2. The van der Waals surface area contributed by atoms with Crippen LogP contribution < -0.4 is 10.7 Å². The fourth-order valence-corrected chi connectivity index (χ4v) is 2.94. The highest BCUT2D eigenvalue weighted by Crippen LogP contribution is 2.14. The first-order valence-corrected chi connectivity index (χ1v) is 8.60. The first kappa shape index (κ1) is 18.8. The quantitative estimate of drug-likeness (QED) is 0.855. The molecule has 0 spiro atoms. The Morgan fingerprint density at radius 1 is 1.22 bits per heavy atom. The maximum atomic E-state index is 13.2. The molecule has 2 heterocycles. The van der Waals surface area contributed by atoms with Crippen LogP contribution in [-0.2, 0) is 20.9 Å². The number of ether oxygens (including phenoxy) is 1. The Labute approximate surface area is 155 Å². The van der Waals surface area contributed by atoms with Gasteiger partial charge in [-0.2, -0.15) is 0 Å². The van der Waals surface area contributed by atoms with Gasteiger partial charge in [0, 0.05) is 43.2 Å². The highest BCUT2D eigenvalue weighted by molar-refractivity contribution is 5.91. The molecule has 0 aliphatic carbocycles. The molecule has 142 valence electrons. The molecule has 1 atom stereocenters. The molecule has 1 aliphatic heterocycles. The fourth-order valence-electron chi connectivity index (χ4n) is 2.94. The van der Waals surface area contributed by atoms with Gasteiger partial charge in [-0.1, -0.05) is 6.07 Å². The van der Waals surface area contributed by atoms with E-state index in [2.05, 4.69) is 5.32 Å². The Kier molecular flexibility index (Phi) is 5.97. The molecule has 3 rings (SSSR count). The summed E-state index contributed by atoms with van der Waals surface area (Å²) in [4.78, 5) is 37.7. The number of pyridine rings is 1. The van der Waals surface area contributed by atoms with E-state index in [0.717, 1.165) is 0 Å². The number of carbonyl (C=O) groups excluding carboxylic acids is 2. The number of nitrogens with one attached hydrogen (secondary N) is 1. The number of aromatic nitrogens is 1. The van der Waals surface area contributed by atoms with Crippen molar-refractivity contribution in [2.75, 3.05) is 25.1 Å². The van der Waals surface area contributed by atoms with Crippen molar-refractivity contribution in [2.45, 2.75) is 19.0 Å².